The normalized spacial score (nSPS) is 16.8. The minimum absolute atomic E-state index is 0.0377. The first-order chi connectivity index (χ1) is 19.0. The van der Waals surface area contributed by atoms with Gasteiger partial charge in [-0.15, -0.1) is 0 Å². The summed E-state index contributed by atoms with van der Waals surface area (Å²) in [5.74, 6) is 1.23. The fourth-order valence-electron chi connectivity index (χ4n) is 5.86. The number of hydrazone groups is 1. The number of benzene rings is 2. The zero-order chi connectivity index (χ0) is 28.9. The summed E-state index contributed by atoms with van der Waals surface area (Å²) in [7, 11) is 1.68. The molecule has 2 aliphatic heterocycles. The highest BCUT2D eigenvalue weighted by Gasteiger charge is 2.38. The van der Waals surface area contributed by atoms with Crippen LogP contribution in [0.15, 0.2) is 53.6 Å². The molecule has 218 valence electrons. The molecule has 0 atom stereocenters. The van der Waals surface area contributed by atoms with Crippen LogP contribution < -0.4 is 19.4 Å². The van der Waals surface area contributed by atoms with Gasteiger partial charge in [0.2, 0.25) is 0 Å². The predicted octanol–water partition coefficient (Wildman–Crippen LogP) is 5.34. The maximum atomic E-state index is 13.1. The molecule has 2 aromatic carbocycles. The number of rotatable bonds is 9. The van der Waals surface area contributed by atoms with Crippen molar-refractivity contribution < 1.29 is 14.3 Å². The molecule has 0 radical (unpaired) electrons. The van der Waals surface area contributed by atoms with E-state index >= 15 is 0 Å². The minimum Gasteiger partial charge on any atom is -0.491 e. The van der Waals surface area contributed by atoms with Gasteiger partial charge in [-0.3, -0.25) is 4.79 Å². The number of carbonyl (C=O) groups excluding carboxylic acids is 1. The van der Waals surface area contributed by atoms with Gasteiger partial charge in [-0.25, -0.2) is 5.01 Å². The summed E-state index contributed by atoms with van der Waals surface area (Å²) < 4.78 is 10.7. The predicted molar refractivity (Wildman–Crippen MR) is 165 cm³/mol. The summed E-state index contributed by atoms with van der Waals surface area (Å²) in [6.07, 6.45) is 1.80. The fraction of sp³-hybridized carbons (Fsp3) is 0.562. The highest BCUT2D eigenvalue weighted by atomic mass is 16.5. The topological polar surface area (TPSA) is 60.9 Å². The lowest BCUT2D eigenvalue weighted by Crippen LogP contribution is -2.48. The highest BCUT2D eigenvalue weighted by molar-refractivity contribution is 5.93. The third-order valence-electron chi connectivity index (χ3n) is 7.95. The molecule has 1 saturated heterocycles. The number of hydrogen-bond donors (Lipinski definition) is 0. The van der Waals surface area contributed by atoms with Crippen LogP contribution in [0.5, 0.6) is 5.75 Å². The molecule has 0 N–H and O–H groups in total. The number of anilines is 3. The molecule has 4 rings (SSSR count). The summed E-state index contributed by atoms with van der Waals surface area (Å²) >= 11 is 0. The van der Waals surface area contributed by atoms with Crippen molar-refractivity contribution in [1.29, 1.82) is 0 Å². The third kappa shape index (κ3) is 7.47. The van der Waals surface area contributed by atoms with Gasteiger partial charge >= 0.3 is 0 Å². The number of piperazine rings is 1. The number of nitrogens with zero attached hydrogens (tertiary/aromatic N) is 5. The molecule has 0 bridgehead atoms. The first-order valence-electron chi connectivity index (χ1n) is 14.4. The fourth-order valence-corrected chi connectivity index (χ4v) is 5.86. The lowest BCUT2D eigenvalue weighted by Gasteiger charge is -2.43. The van der Waals surface area contributed by atoms with Crippen LogP contribution in [0.4, 0.5) is 17.1 Å². The third-order valence-corrected chi connectivity index (χ3v) is 7.95. The molecule has 0 aromatic heterocycles. The van der Waals surface area contributed by atoms with E-state index in [-0.39, 0.29) is 16.7 Å². The van der Waals surface area contributed by atoms with Crippen molar-refractivity contribution in [3.05, 3.63) is 48.5 Å². The van der Waals surface area contributed by atoms with E-state index in [1.54, 1.807) is 18.5 Å². The van der Waals surface area contributed by atoms with E-state index in [0.29, 0.717) is 32.2 Å². The van der Waals surface area contributed by atoms with E-state index in [2.05, 4.69) is 92.8 Å². The van der Waals surface area contributed by atoms with Gasteiger partial charge in [0.05, 0.1) is 6.61 Å². The second kappa shape index (κ2) is 12.5. The van der Waals surface area contributed by atoms with E-state index in [4.69, 9.17) is 9.47 Å². The van der Waals surface area contributed by atoms with Crippen LogP contribution in [0, 0.1) is 16.7 Å². The summed E-state index contributed by atoms with van der Waals surface area (Å²) in [4.78, 5) is 19.8. The Bertz CT molecular complexity index is 1110. The Balaban J connectivity index is 1.31. The van der Waals surface area contributed by atoms with Crippen molar-refractivity contribution in [1.82, 2.24) is 5.01 Å². The smallest absolute Gasteiger partial charge is 0.262 e. The number of ether oxygens (including phenoxy) is 2. The molecule has 1 fully saturated rings. The molecule has 8 nitrogen and oxygen atoms in total. The number of hydrogen-bond acceptors (Lipinski definition) is 7. The molecule has 0 spiro atoms. The monoisotopic (exact) mass is 549 g/mol. The van der Waals surface area contributed by atoms with Crippen molar-refractivity contribution in [2.45, 2.75) is 41.5 Å². The lowest BCUT2D eigenvalue weighted by molar-refractivity contribution is -0.132. The molecule has 8 heteroatoms. The Morgan fingerprint density at radius 2 is 1.27 bits per heavy atom. The second-order valence-corrected chi connectivity index (χ2v) is 12.9. The van der Waals surface area contributed by atoms with E-state index in [1.807, 2.05) is 17.0 Å². The zero-order valence-electron chi connectivity index (χ0n) is 25.4. The number of methoxy groups -OCH3 is 1. The second-order valence-electron chi connectivity index (χ2n) is 12.9. The number of carbonyl (C=O) groups is 1. The molecule has 1 amide bonds. The molecule has 0 aliphatic carbocycles. The van der Waals surface area contributed by atoms with Crippen LogP contribution >= 0.6 is 0 Å². The van der Waals surface area contributed by atoms with Crippen molar-refractivity contribution in [2.24, 2.45) is 21.8 Å². The summed E-state index contributed by atoms with van der Waals surface area (Å²) in [5, 5.41) is 6.22. The van der Waals surface area contributed by atoms with Crippen LogP contribution in [0.1, 0.15) is 41.5 Å². The molecule has 2 heterocycles. The molecule has 0 saturated carbocycles. The lowest BCUT2D eigenvalue weighted by atomic mass is 9.66. The Labute approximate surface area is 240 Å². The quantitative estimate of drug-likeness (QED) is 0.394. The Kier molecular flexibility index (Phi) is 9.29. The molecular formula is C32H47N5O3. The Morgan fingerprint density at radius 1 is 0.775 bits per heavy atom. The van der Waals surface area contributed by atoms with Gasteiger partial charge < -0.3 is 24.2 Å². The summed E-state index contributed by atoms with van der Waals surface area (Å²) in [6, 6.07) is 16.8. The van der Waals surface area contributed by atoms with Crippen LogP contribution in [-0.4, -0.2) is 76.8 Å². The Morgan fingerprint density at radius 3 is 1.75 bits per heavy atom. The number of amides is 1. The highest BCUT2D eigenvalue weighted by Crippen LogP contribution is 2.40. The first-order valence-corrected chi connectivity index (χ1v) is 14.4. The summed E-state index contributed by atoms with van der Waals surface area (Å²) in [5.41, 5.74) is 3.56. The van der Waals surface area contributed by atoms with Crippen LogP contribution in [-0.2, 0) is 9.53 Å². The maximum Gasteiger partial charge on any atom is 0.262 e. The molecule has 2 aromatic rings. The van der Waals surface area contributed by atoms with E-state index in [1.165, 1.54) is 11.4 Å². The van der Waals surface area contributed by atoms with E-state index in [0.717, 1.165) is 37.6 Å². The maximum absolute atomic E-state index is 13.1. The van der Waals surface area contributed by atoms with Crippen molar-refractivity contribution in [3.8, 4) is 5.75 Å². The van der Waals surface area contributed by atoms with E-state index < -0.39 is 0 Å². The summed E-state index contributed by atoms with van der Waals surface area (Å²) in [6.45, 7) is 19.4. The van der Waals surface area contributed by atoms with E-state index in [9.17, 15) is 4.79 Å². The molecule has 2 aliphatic rings. The van der Waals surface area contributed by atoms with Gasteiger partial charge in [0.25, 0.3) is 5.91 Å². The van der Waals surface area contributed by atoms with Gasteiger partial charge in [0.1, 0.15) is 25.2 Å². The average Bonchev–Trinajstić information content (AvgIpc) is 2.92. The zero-order valence-corrected chi connectivity index (χ0v) is 25.4. The largest absolute Gasteiger partial charge is 0.491 e. The Hall–Kier alpha value is -3.26. The van der Waals surface area contributed by atoms with Gasteiger partial charge in [-0.05, 0) is 65.3 Å². The van der Waals surface area contributed by atoms with Gasteiger partial charge in [-0.1, -0.05) is 41.5 Å². The van der Waals surface area contributed by atoms with Gasteiger partial charge in [0.15, 0.2) is 0 Å². The molecular weight excluding hydrogens is 502 g/mol. The molecule has 40 heavy (non-hydrogen) atoms. The van der Waals surface area contributed by atoms with Crippen molar-refractivity contribution >= 4 is 29.3 Å². The minimum atomic E-state index is 0.0377. The van der Waals surface area contributed by atoms with Crippen molar-refractivity contribution in [3.63, 3.8) is 0 Å². The van der Waals surface area contributed by atoms with Gasteiger partial charge in [0, 0.05) is 56.9 Å². The average molecular weight is 550 g/mol. The van der Waals surface area contributed by atoms with Crippen LogP contribution in [0.25, 0.3) is 0 Å². The molecule has 0 unspecified atom stereocenters. The SMILES string of the molecule is COCCOc1ccc(N2CCN(c3ccc(N4C=NN(CC(C(C)(C)C)C(C)(C)C)C(=O)C4)cc3)CC2)cc1. The van der Waals surface area contributed by atoms with Crippen LogP contribution in [0.2, 0.25) is 0 Å². The van der Waals surface area contributed by atoms with Gasteiger partial charge in [-0.2, -0.15) is 5.10 Å². The van der Waals surface area contributed by atoms with Crippen LogP contribution in [0.3, 0.4) is 0 Å². The standard InChI is InChI=1S/C32H47N5O3/c1-31(2,3)29(32(4,5)6)22-37-30(38)23-36(24-33-37)27-10-8-25(9-11-27)34-16-18-35(19-17-34)26-12-14-28(15-13-26)40-21-20-39-7/h8-15,24,29H,16-23H2,1-7H3. The van der Waals surface area contributed by atoms with Crippen molar-refractivity contribution in [2.75, 3.05) is 74.3 Å². The first kappa shape index (κ1) is 29.7.